The number of nitrogens with one attached hydrogen (secondary N) is 1. The van der Waals surface area contributed by atoms with E-state index in [0.717, 1.165) is 0 Å². The maximum Gasteiger partial charge on any atom is 0.360 e. The number of methoxy groups -OCH3 is 1. The van der Waals surface area contributed by atoms with Gasteiger partial charge in [0.15, 0.2) is 5.69 Å². The van der Waals surface area contributed by atoms with E-state index < -0.39 is 5.97 Å². The van der Waals surface area contributed by atoms with E-state index in [1.165, 1.54) is 30.8 Å². The van der Waals surface area contributed by atoms with E-state index in [1.807, 2.05) is 0 Å². The molecule has 7 nitrogen and oxygen atoms in total. The summed E-state index contributed by atoms with van der Waals surface area (Å²) in [7, 11) is 1.25. The molecule has 0 saturated heterocycles. The zero-order valence-corrected chi connectivity index (χ0v) is 10.2. The van der Waals surface area contributed by atoms with Crippen molar-refractivity contribution in [3.63, 3.8) is 0 Å². The number of esters is 1. The smallest absolute Gasteiger partial charge is 0.360 e. The molecule has 0 spiro atoms. The average Bonchev–Trinajstić information content (AvgIpc) is 3.10. The number of ether oxygens (including phenoxy) is 1. The van der Waals surface area contributed by atoms with Crippen LogP contribution in [-0.4, -0.2) is 35.3 Å². The number of rotatable bonds is 5. The molecule has 0 atom stereocenters. The molecule has 1 aromatic heterocycles. The molecule has 1 heterocycles. The molecule has 1 fully saturated rings. The Morgan fingerprint density at radius 3 is 2.94 bits per heavy atom. The predicted molar refractivity (Wildman–Crippen MR) is 63.7 cm³/mol. The highest BCUT2D eigenvalue weighted by molar-refractivity contribution is 5.92. The minimum atomic E-state index is -0.607. The molecule has 98 valence electrons. The number of carbonyl (C=O) groups excluding carboxylic acids is 2. The van der Waals surface area contributed by atoms with Crippen molar-refractivity contribution in [2.75, 3.05) is 19.4 Å². The van der Waals surface area contributed by atoms with Gasteiger partial charge >= 0.3 is 5.97 Å². The van der Waals surface area contributed by atoms with Crippen molar-refractivity contribution in [1.82, 2.24) is 15.1 Å². The quantitative estimate of drug-likeness (QED) is 0.706. The summed E-state index contributed by atoms with van der Waals surface area (Å²) in [4.78, 5) is 22.9. The molecule has 1 aliphatic rings. The van der Waals surface area contributed by atoms with E-state index in [9.17, 15) is 9.59 Å². The van der Waals surface area contributed by atoms with Gasteiger partial charge in [0.05, 0.1) is 12.8 Å². The largest absolute Gasteiger partial charge is 0.464 e. The van der Waals surface area contributed by atoms with Gasteiger partial charge in [-0.25, -0.2) is 4.79 Å². The van der Waals surface area contributed by atoms with E-state index in [0.29, 0.717) is 12.5 Å². The minimum Gasteiger partial charge on any atom is -0.464 e. The topological polar surface area (TPSA) is 99.2 Å². The number of carbonyl (C=O) groups is 2. The average molecular weight is 252 g/mol. The summed E-state index contributed by atoms with van der Waals surface area (Å²) in [5.74, 6) is -0.118. The maximum absolute atomic E-state index is 11.6. The molecule has 1 aliphatic carbocycles. The van der Waals surface area contributed by atoms with Crippen LogP contribution in [0, 0.1) is 5.92 Å². The van der Waals surface area contributed by atoms with Crippen LogP contribution in [0.4, 0.5) is 5.69 Å². The summed E-state index contributed by atoms with van der Waals surface area (Å²) < 4.78 is 5.86. The van der Waals surface area contributed by atoms with Crippen molar-refractivity contribution in [2.45, 2.75) is 19.4 Å². The highest BCUT2D eigenvalue weighted by Gasteiger charge is 2.22. The highest BCUT2D eigenvalue weighted by atomic mass is 16.5. The number of nitrogens with two attached hydrogens (primary N) is 1. The molecule has 3 N–H and O–H groups in total. The number of amides is 1. The first-order valence-corrected chi connectivity index (χ1v) is 5.78. The first-order chi connectivity index (χ1) is 8.60. The lowest BCUT2D eigenvalue weighted by molar-refractivity contribution is -0.121. The van der Waals surface area contributed by atoms with Crippen LogP contribution in [0.25, 0.3) is 0 Å². The standard InChI is InChI=1S/C11H16N4O3/c1-18-11(17)10-8(12)5-15(14-10)6-9(16)13-4-7-2-3-7/h5,7H,2-4,6,12H2,1H3,(H,13,16). The fraction of sp³-hybridized carbons (Fsp3) is 0.545. The summed E-state index contributed by atoms with van der Waals surface area (Å²) in [6.07, 6.45) is 3.81. The SMILES string of the molecule is COC(=O)c1nn(CC(=O)NCC2CC2)cc1N. The Balaban J connectivity index is 1.91. The van der Waals surface area contributed by atoms with Crippen LogP contribution in [0.2, 0.25) is 0 Å². The fourth-order valence-corrected chi connectivity index (χ4v) is 1.56. The van der Waals surface area contributed by atoms with Gasteiger partial charge in [-0.3, -0.25) is 9.48 Å². The van der Waals surface area contributed by atoms with Crippen molar-refractivity contribution in [3.05, 3.63) is 11.9 Å². The van der Waals surface area contributed by atoms with Crippen molar-refractivity contribution in [2.24, 2.45) is 5.92 Å². The Labute approximate surface area is 104 Å². The van der Waals surface area contributed by atoms with E-state index in [-0.39, 0.29) is 23.8 Å². The summed E-state index contributed by atoms with van der Waals surface area (Å²) in [5.41, 5.74) is 5.85. The number of hydrogen-bond acceptors (Lipinski definition) is 5. The molecule has 0 bridgehead atoms. The summed E-state index contributed by atoms with van der Waals surface area (Å²) in [5, 5.41) is 6.73. The van der Waals surface area contributed by atoms with Gasteiger partial charge in [0, 0.05) is 12.7 Å². The molecular weight excluding hydrogens is 236 g/mol. The van der Waals surface area contributed by atoms with Gasteiger partial charge < -0.3 is 15.8 Å². The van der Waals surface area contributed by atoms with E-state index in [2.05, 4.69) is 15.2 Å². The molecular formula is C11H16N4O3. The van der Waals surface area contributed by atoms with Crippen LogP contribution < -0.4 is 11.1 Å². The number of nitrogen functional groups attached to an aromatic ring is 1. The van der Waals surface area contributed by atoms with Crippen LogP contribution >= 0.6 is 0 Å². The molecule has 0 aliphatic heterocycles. The number of aromatic nitrogens is 2. The molecule has 1 amide bonds. The second kappa shape index (κ2) is 5.07. The molecule has 0 radical (unpaired) electrons. The molecule has 0 aromatic carbocycles. The van der Waals surface area contributed by atoms with Crippen molar-refractivity contribution in [1.29, 1.82) is 0 Å². The molecule has 7 heteroatoms. The lowest BCUT2D eigenvalue weighted by atomic mass is 10.4. The van der Waals surface area contributed by atoms with E-state index in [4.69, 9.17) is 5.73 Å². The van der Waals surface area contributed by atoms with Crippen LogP contribution in [0.15, 0.2) is 6.20 Å². The third-order valence-corrected chi connectivity index (χ3v) is 2.76. The molecule has 0 unspecified atom stereocenters. The third kappa shape index (κ3) is 2.99. The van der Waals surface area contributed by atoms with Gasteiger partial charge in [-0.15, -0.1) is 0 Å². The lowest BCUT2D eigenvalue weighted by Gasteiger charge is -2.03. The Bertz CT molecular complexity index is 465. The van der Waals surface area contributed by atoms with Gasteiger partial charge in [0.1, 0.15) is 6.54 Å². The van der Waals surface area contributed by atoms with Crippen molar-refractivity contribution in [3.8, 4) is 0 Å². The number of nitrogens with zero attached hydrogens (tertiary/aromatic N) is 2. The second-order valence-corrected chi connectivity index (χ2v) is 4.37. The first-order valence-electron chi connectivity index (χ1n) is 5.78. The van der Waals surface area contributed by atoms with Gasteiger partial charge in [0.2, 0.25) is 5.91 Å². The van der Waals surface area contributed by atoms with Crippen LogP contribution in [0.1, 0.15) is 23.3 Å². The van der Waals surface area contributed by atoms with E-state index >= 15 is 0 Å². The summed E-state index contributed by atoms with van der Waals surface area (Å²) >= 11 is 0. The normalized spacial score (nSPS) is 14.3. The second-order valence-electron chi connectivity index (χ2n) is 4.37. The van der Waals surface area contributed by atoms with Crippen molar-refractivity contribution >= 4 is 17.6 Å². The van der Waals surface area contributed by atoms with E-state index in [1.54, 1.807) is 0 Å². The van der Waals surface area contributed by atoms with Crippen LogP contribution in [-0.2, 0) is 16.1 Å². The molecule has 1 aromatic rings. The number of hydrogen-bond donors (Lipinski definition) is 2. The molecule has 18 heavy (non-hydrogen) atoms. The van der Waals surface area contributed by atoms with Crippen LogP contribution in [0.5, 0.6) is 0 Å². The Morgan fingerprint density at radius 2 is 2.33 bits per heavy atom. The lowest BCUT2D eigenvalue weighted by Crippen LogP contribution is -2.29. The highest BCUT2D eigenvalue weighted by Crippen LogP contribution is 2.27. The summed E-state index contributed by atoms with van der Waals surface area (Å²) in [6.45, 7) is 0.757. The fourth-order valence-electron chi connectivity index (χ4n) is 1.56. The Kier molecular flexibility index (Phi) is 3.50. The maximum atomic E-state index is 11.6. The molecule has 2 rings (SSSR count). The zero-order chi connectivity index (χ0) is 13.1. The summed E-state index contributed by atoms with van der Waals surface area (Å²) in [6, 6.07) is 0. The Morgan fingerprint density at radius 1 is 1.61 bits per heavy atom. The van der Waals surface area contributed by atoms with Crippen molar-refractivity contribution < 1.29 is 14.3 Å². The monoisotopic (exact) mass is 252 g/mol. The predicted octanol–water partition coefficient (Wildman–Crippen LogP) is -0.222. The number of anilines is 1. The minimum absolute atomic E-state index is 0.0347. The van der Waals surface area contributed by atoms with Gasteiger partial charge in [-0.1, -0.05) is 0 Å². The Hall–Kier alpha value is -2.05. The van der Waals surface area contributed by atoms with Gasteiger partial charge in [0.25, 0.3) is 0 Å². The zero-order valence-electron chi connectivity index (χ0n) is 10.2. The molecule has 1 saturated carbocycles. The van der Waals surface area contributed by atoms with Crippen LogP contribution in [0.3, 0.4) is 0 Å². The van der Waals surface area contributed by atoms with Gasteiger partial charge in [-0.05, 0) is 18.8 Å². The third-order valence-electron chi connectivity index (χ3n) is 2.76. The van der Waals surface area contributed by atoms with Gasteiger partial charge in [-0.2, -0.15) is 5.10 Å². The first kappa shape index (κ1) is 12.4.